The third-order valence-corrected chi connectivity index (χ3v) is 4.14. The number of allylic oxidation sites excluding steroid dienone is 1. The van der Waals surface area contributed by atoms with E-state index in [9.17, 15) is 13.2 Å². The van der Waals surface area contributed by atoms with Crippen LogP contribution in [0.5, 0.6) is 0 Å². The van der Waals surface area contributed by atoms with Gasteiger partial charge in [0, 0.05) is 16.7 Å². The van der Waals surface area contributed by atoms with Crippen molar-refractivity contribution >= 4 is 0 Å². The summed E-state index contributed by atoms with van der Waals surface area (Å²) < 4.78 is 40.8. The standard InChI is InChI=1S/C24H17F3/c1-2-3-4-17-5-7-18(8-6-17)9-10-19-11-13-21(23(26)15-19)20-12-14-22(25)24(27)16-20/h2,5-8,11-16H,1,3-4H2. The first-order valence-electron chi connectivity index (χ1n) is 8.53. The molecule has 0 aliphatic carbocycles. The molecule has 3 rings (SSSR count). The summed E-state index contributed by atoms with van der Waals surface area (Å²) in [4.78, 5) is 0. The SMILES string of the molecule is C=CCCc1ccc(C#Cc2ccc(-c3ccc(F)c(F)c3)c(F)c2)cc1. The fourth-order valence-electron chi connectivity index (χ4n) is 2.66. The van der Waals surface area contributed by atoms with Crippen molar-refractivity contribution in [2.75, 3.05) is 0 Å². The molecule has 0 aromatic heterocycles. The summed E-state index contributed by atoms with van der Waals surface area (Å²) in [5, 5.41) is 0. The molecule has 27 heavy (non-hydrogen) atoms. The van der Waals surface area contributed by atoms with E-state index in [-0.39, 0.29) is 11.1 Å². The molecule has 3 aromatic rings. The van der Waals surface area contributed by atoms with Crippen LogP contribution in [0.3, 0.4) is 0 Å². The van der Waals surface area contributed by atoms with E-state index in [1.54, 1.807) is 6.07 Å². The van der Waals surface area contributed by atoms with Crippen LogP contribution in [0, 0.1) is 29.3 Å². The molecule has 0 N–H and O–H groups in total. The van der Waals surface area contributed by atoms with Gasteiger partial charge < -0.3 is 0 Å². The molecule has 0 fully saturated rings. The molecule has 3 aromatic carbocycles. The van der Waals surface area contributed by atoms with Crippen LogP contribution in [0.15, 0.2) is 73.3 Å². The summed E-state index contributed by atoms with van der Waals surface area (Å²) in [5.74, 6) is 3.42. The fraction of sp³-hybridized carbons (Fsp3) is 0.0833. The molecule has 0 atom stereocenters. The lowest BCUT2D eigenvalue weighted by Gasteiger charge is -2.05. The largest absolute Gasteiger partial charge is 0.206 e. The minimum Gasteiger partial charge on any atom is -0.206 e. The molecule has 0 aliphatic rings. The Hall–Kier alpha value is -3.25. The monoisotopic (exact) mass is 362 g/mol. The molecule has 3 heteroatoms. The minimum absolute atomic E-state index is 0.200. The van der Waals surface area contributed by atoms with Crippen molar-refractivity contribution in [3.63, 3.8) is 0 Å². The first-order valence-corrected chi connectivity index (χ1v) is 8.53. The van der Waals surface area contributed by atoms with Crippen LogP contribution in [-0.4, -0.2) is 0 Å². The first-order chi connectivity index (χ1) is 13.1. The molecule has 0 spiro atoms. The van der Waals surface area contributed by atoms with Gasteiger partial charge in [0.05, 0.1) is 0 Å². The van der Waals surface area contributed by atoms with E-state index in [0.717, 1.165) is 30.5 Å². The molecule has 0 saturated carbocycles. The lowest BCUT2D eigenvalue weighted by molar-refractivity contribution is 0.509. The summed E-state index contributed by atoms with van der Waals surface area (Å²) >= 11 is 0. The Morgan fingerprint density at radius 3 is 2.11 bits per heavy atom. The number of halogens is 3. The molecule has 0 aliphatic heterocycles. The number of hydrogen-bond acceptors (Lipinski definition) is 0. The Kier molecular flexibility index (Phi) is 5.78. The van der Waals surface area contributed by atoms with Crippen LogP contribution in [0.4, 0.5) is 13.2 Å². The van der Waals surface area contributed by atoms with Gasteiger partial charge in [0.1, 0.15) is 5.82 Å². The highest BCUT2D eigenvalue weighted by atomic mass is 19.2. The molecule has 0 bridgehead atoms. The molecule has 0 unspecified atom stereocenters. The molecule has 0 radical (unpaired) electrons. The van der Waals surface area contributed by atoms with Crippen LogP contribution in [0.25, 0.3) is 11.1 Å². The predicted octanol–water partition coefficient (Wildman–Crippen LogP) is 6.29. The third-order valence-electron chi connectivity index (χ3n) is 4.14. The van der Waals surface area contributed by atoms with Gasteiger partial charge in [-0.3, -0.25) is 0 Å². The Balaban J connectivity index is 1.79. The molecular weight excluding hydrogens is 345 g/mol. The number of hydrogen-bond donors (Lipinski definition) is 0. The van der Waals surface area contributed by atoms with Gasteiger partial charge in [0.2, 0.25) is 0 Å². The van der Waals surface area contributed by atoms with Gasteiger partial charge in [-0.25, -0.2) is 13.2 Å². The highest BCUT2D eigenvalue weighted by Gasteiger charge is 2.09. The van der Waals surface area contributed by atoms with Crippen molar-refractivity contribution in [1.29, 1.82) is 0 Å². The zero-order valence-corrected chi connectivity index (χ0v) is 14.6. The molecule has 134 valence electrons. The second-order valence-electron chi connectivity index (χ2n) is 6.10. The molecule has 0 amide bonds. The van der Waals surface area contributed by atoms with Gasteiger partial charge >= 0.3 is 0 Å². The van der Waals surface area contributed by atoms with Crippen LogP contribution in [0.2, 0.25) is 0 Å². The van der Waals surface area contributed by atoms with Gasteiger partial charge in [0.15, 0.2) is 11.6 Å². The van der Waals surface area contributed by atoms with Gasteiger partial charge in [-0.05, 0) is 60.4 Å². The molecule has 0 saturated heterocycles. The average molecular weight is 362 g/mol. The van der Waals surface area contributed by atoms with Crippen LogP contribution >= 0.6 is 0 Å². The van der Waals surface area contributed by atoms with Crippen molar-refractivity contribution < 1.29 is 13.2 Å². The fourth-order valence-corrected chi connectivity index (χ4v) is 2.66. The molecular formula is C24H17F3. The Bertz CT molecular complexity index is 1020. The third kappa shape index (κ3) is 4.68. The van der Waals surface area contributed by atoms with E-state index in [1.807, 2.05) is 30.3 Å². The summed E-state index contributed by atoms with van der Waals surface area (Å²) in [6.07, 6.45) is 3.74. The Morgan fingerprint density at radius 1 is 0.741 bits per heavy atom. The van der Waals surface area contributed by atoms with Gasteiger partial charge in [-0.1, -0.05) is 42.2 Å². The van der Waals surface area contributed by atoms with E-state index < -0.39 is 17.5 Å². The minimum atomic E-state index is -1.01. The molecule has 0 nitrogen and oxygen atoms in total. The van der Waals surface area contributed by atoms with E-state index in [1.165, 1.54) is 23.8 Å². The van der Waals surface area contributed by atoms with Crippen molar-refractivity contribution in [3.05, 3.63) is 107 Å². The van der Waals surface area contributed by atoms with Crippen LogP contribution in [-0.2, 0) is 6.42 Å². The summed E-state index contributed by atoms with van der Waals surface area (Å²) in [6.45, 7) is 3.71. The highest BCUT2D eigenvalue weighted by molar-refractivity contribution is 5.65. The summed E-state index contributed by atoms with van der Waals surface area (Å²) in [7, 11) is 0. The van der Waals surface area contributed by atoms with Crippen molar-refractivity contribution in [2.45, 2.75) is 12.8 Å². The number of rotatable bonds is 4. The van der Waals surface area contributed by atoms with Gasteiger partial charge in [-0.15, -0.1) is 6.58 Å². The summed E-state index contributed by atoms with van der Waals surface area (Å²) in [6, 6.07) is 15.7. The lowest BCUT2D eigenvalue weighted by atomic mass is 10.0. The zero-order valence-electron chi connectivity index (χ0n) is 14.6. The maximum Gasteiger partial charge on any atom is 0.159 e. The van der Waals surface area contributed by atoms with Crippen molar-refractivity contribution in [3.8, 4) is 23.0 Å². The van der Waals surface area contributed by atoms with E-state index >= 15 is 0 Å². The normalized spacial score (nSPS) is 10.2. The van der Waals surface area contributed by atoms with E-state index in [2.05, 4.69) is 18.4 Å². The lowest BCUT2D eigenvalue weighted by Crippen LogP contribution is -1.89. The Morgan fingerprint density at radius 2 is 1.44 bits per heavy atom. The number of aryl methyl sites for hydroxylation is 1. The topological polar surface area (TPSA) is 0 Å². The van der Waals surface area contributed by atoms with E-state index in [0.29, 0.717) is 5.56 Å². The van der Waals surface area contributed by atoms with Crippen molar-refractivity contribution in [2.24, 2.45) is 0 Å². The maximum atomic E-state index is 14.4. The van der Waals surface area contributed by atoms with Crippen LogP contribution < -0.4 is 0 Å². The van der Waals surface area contributed by atoms with Gasteiger partial charge in [-0.2, -0.15) is 0 Å². The van der Waals surface area contributed by atoms with Crippen molar-refractivity contribution in [1.82, 2.24) is 0 Å². The van der Waals surface area contributed by atoms with E-state index in [4.69, 9.17) is 0 Å². The summed E-state index contributed by atoms with van der Waals surface area (Å²) in [5.41, 5.74) is 3.03. The Labute approximate surface area is 157 Å². The molecule has 0 heterocycles. The second-order valence-corrected chi connectivity index (χ2v) is 6.10. The smallest absolute Gasteiger partial charge is 0.159 e. The maximum absolute atomic E-state index is 14.4. The predicted molar refractivity (Wildman–Crippen MR) is 103 cm³/mol. The van der Waals surface area contributed by atoms with Gasteiger partial charge in [0.25, 0.3) is 0 Å². The number of benzene rings is 3. The zero-order chi connectivity index (χ0) is 19.2. The quantitative estimate of drug-likeness (QED) is 0.378. The average Bonchev–Trinajstić information content (AvgIpc) is 2.68. The first kappa shape index (κ1) is 18.5. The highest BCUT2D eigenvalue weighted by Crippen LogP contribution is 2.25. The van der Waals surface area contributed by atoms with Crippen LogP contribution in [0.1, 0.15) is 23.1 Å². The second kappa shape index (κ2) is 8.42.